The number of anilines is 2. The molecule has 114 valence electrons. The number of ether oxygens (including phenoxy) is 1. The highest BCUT2D eigenvalue weighted by atomic mass is 16.5. The minimum Gasteiger partial charge on any atom is -0.453 e. The topological polar surface area (TPSA) is 67.4 Å². The van der Waals surface area contributed by atoms with Gasteiger partial charge in [0.2, 0.25) is 0 Å². The van der Waals surface area contributed by atoms with Gasteiger partial charge in [-0.05, 0) is 43.2 Å². The van der Waals surface area contributed by atoms with Gasteiger partial charge >= 0.3 is 6.09 Å². The lowest BCUT2D eigenvalue weighted by atomic mass is 10.1. The van der Waals surface area contributed by atoms with E-state index in [1.165, 1.54) is 7.11 Å². The van der Waals surface area contributed by atoms with Gasteiger partial charge in [-0.3, -0.25) is 10.1 Å². The molecule has 0 atom stereocenters. The molecule has 0 bridgehead atoms. The van der Waals surface area contributed by atoms with Crippen LogP contribution in [-0.4, -0.2) is 19.1 Å². The van der Waals surface area contributed by atoms with Crippen molar-refractivity contribution in [2.45, 2.75) is 13.8 Å². The fourth-order valence-corrected chi connectivity index (χ4v) is 2.08. The summed E-state index contributed by atoms with van der Waals surface area (Å²) in [5, 5.41) is 5.47. The van der Waals surface area contributed by atoms with E-state index in [1.54, 1.807) is 25.1 Å². The van der Waals surface area contributed by atoms with Crippen LogP contribution in [0.1, 0.15) is 21.5 Å². The van der Waals surface area contributed by atoms with Crippen LogP contribution >= 0.6 is 0 Å². The van der Waals surface area contributed by atoms with Crippen LogP contribution in [0.15, 0.2) is 42.5 Å². The molecule has 0 aliphatic rings. The molecule has 0 aliphatic heterocycles. The van der Waals surface area contributed by atoms with E-state index in [9.17, 15) is 9.59 Å². The summed E-state index contributed by atoms with van der Waals surface area (Å²) in [6.45, 7) is 3.70. The Morgan fingerprint density at radius 2 is 1.59 bits per heavy atom. The van der Waals surface area contributed by atoms with Crippen LogP contribution < -0.4 is 10.6 Å². The zero-order valence-corrected chi connectivity index (χ0v) is 12.8. The summed E-state index contributed by atoms with van der Waals surface area (Å²) in [6, 6.07) is 12.7. The molecule has 5 heteroatoms. The molecule has 2 rings (SSSR count). The van der Waals surface area contributed by atoms with E-state index < -0.39 is 6.09 Å². The van der Waals surface area contributed by atoms with E-state index in [-0.39, 0.29) is 5.91 Å². The van der Waals surface area contributed by atoms with Gasteiger partial charge in [-0.1, -0.05) is 24.3 Å². The fraction of sp³-hybridized carbons (Fsp3) is 0.176. The van der Waals surface area contributed by atoms with E-state index in [1.807, 2.05) is 31.2 Å². The molecule has 0 saturated heterocycles. The third-order valence-electron chi connectivity index (χ3n) is 3.39. The zero-order valence-electron chi connectivity index (χ0n) is 12.8. The van der Waals surface area contributed by atoms with Gasteiger partial charge in [0, 0.05) is 16.9 Å². The average Bonchev–Trinajstić information content (AvgIpc) is 2.51. The molecule has 0 unspecified atom stereocenters. The van der Waals surface area contributed by atoms with Crippen molar-refractivity contribution in [1.29, 1.82) is 0 Å². The Morgan fingerprint density at radius 1 is 0.909 bits per heavy atom. The van der Waals surface area contributed by atoms with E-state index in [4.69, 9.17) is 0 Å². The second-order valence-corrected chi connectivity index (χ2v) is 4.86. The summed E-state index contributed by atoms with van der Waals surface area (Å²) >= 11 is 0. The molecule has 5 nitrogen and oxygen atoms in total. The third kappa shape index (κ3) is 3.44. The lowest BCUT2D eigenvalue weighted by molar-refractivity contribution is 0.102. The normalized spacial score (nSPS) is 9.95. The van der Waals surface area contributed by atoms with Crippen molar-refractivity contribution in [3.8, 4) is 0 Å². The van der Waals surface area contributed by atoms with Crippen LogP contribution in [0.25, 0.3) is 0 Å². The Morgan fingerprint density at radius 3 is 2.27 bits per heavy atom. The Kier molecular flexibility index (Phi) is 4.78. The van der Waals surface area contributed by atoms with Crippen LogP contribution in [0.5, 0.6) is 0 Å². The Bertz CT molecular complexity index is 711. The van der Waals surface area contributed by atoms with Gasteiger partial charge < -0.3 is 10.1 Å². The van der Waals surface area contributed by atoms with Crippen molar-refractivity contribution in [3.05, 3.63) is 59.2 Å². The predicted octanol–water partition coefficient (Wildman–Crippen LogP) is 3.73. The Labute approximate surface area is 129 Å². The average molecular weight is 298 g/mol. The van der Waals surface area contributed by atoms with E-state index in [0.29, 0.717) is 16.8 Å². The molecule has 2 amide bonds. The largest absolute Gasteiger partial charge is 0.453 e. The number of rotatable bonds is 3. The first-order valence-corrected chi connectivity index (χ1v) is 6.84. The highest BCUT2D eigenvalue weighted by Gasteiger charge is 2.14. The first-order chi connectivity index (χ1) is 10.5. The smallest absolute Gasteiger partial charge is 0.411 e. The summed E-state index contributed by atoms with van der Waals surface area (Å²) in [5.74, 6) is -0.222. The number of nitrogens with one attached hydrogen (secondary N) is 2. The zero-order chi connectivity index (χ0) is 16.1. The second-order valence-electron chi connectivity index (χ2n) is 4.86. The highest BCUT2D eigenvalue weighted by molar-refractivity contribution is 6.06. The lowest BCUT2D eigenvalue weighted by Crippen LogP contribution is -2.17. The first-order valence-electron chi connectivity index (χ1n) is 6.84. The van der Waals surface area contributed by atoms with Crippen LogP contribution in [0, 0.1) is 13.8 Å². The highest BCUT2D eigenvalue weighted by Crippen LogP contribution is 2.21. The quantitative estimate of drug-likeness (QED) is 0.907. The van der Waals surface area contributed by atoms with Gasteiger partial charge in [0.1, 0.15) is 0 Å². The van der Waals surface area contributed by atoms with E-state index in [2.05, 4.69) is 15.4 Å². The van der Waals surface area contributed by atoms with Crippen molar-refractivity contribution in [2.75, 3.05) is 17.7 Å². The third-order valence-corrected chi connectivity index (χ3v) is 3.39. The summed E-state index contributed by atoms with van der Waals surface area (Å²) in [4.78, 5) is 23.8. The number of carbonyl (C=O) groups excluding carboxylic acids is 2. The van der Waals surface area contributed by atoms with Crippen molar-refractivity contribution >= 4 is 23.4 Å². The van der Waals surface area contributed by atoms with Gasteiger partial charge in [0.25, 0.3) is 5.91 Å². The molecule has 22 heavy (non-hydrogen) atoms. The summed E-state index contributed by atoms with van der Waals surface area (Å²) in [7, 11) is 1.29. The lowest BCUT2D eigenvalue weighted by Gasteiger charge is -2.13. The minimum atomic E-state index is -0.570. The minimum absolute atomic E-state index is 0.222. The summed E-state index contributed by atoms with van der Waals surface area (Å²) < 4.78 is 4.57. The van der Waals surface area contributed by atoms with Gasteiger partial charge in [-0.2, -0.15) is 0 Å². The maximum atomic E-state index is 12.4. The number of amides is 2. The molecule has 2 aromatic rings. The molecular formula is C17H18N2O3. The number of hydrogen-bond acceptors (Lipinski definition) is 3. The molecule has 0 saturated carbocycles. The Balaban J connectivity index is 2.25. The van der Waals surface area contributed by atoms with Gasteiger partial charge in [-0.25, -0.2) is 4.79 Å². The van der Waals surface area contributed by atoms with Crippen molar-refractivity contribution in [2.24, 2.45) is 0 Å². The van der Waals surface area contributed by atoms with Crippen molar-refractivity contribution < 1.29 is 14.3 Å². The van der Waals surface area contributed by atoms with Crippen molar-refractivity contribution in [3.63, 3.8) is 0 Å². The van der Waals surface area contributed by atoms with Gasteiger partial charge in [0.05, 0.1) is 7.11 Å². The molecule has 0 aromatic heterocycles. The second kappa shape index (κ2) is 6.76. The molecule has 0 spiro atoms. The number of benzene rings is 2. The summed E-state index contributed by atoms with van der Waals surface area (Å²) in [5.41, 5.74) is 3.47. The standard InChI is InChI=1S/C17H18N2O3/c1-11-7-4-5-9-14(11)18-16(20)13-8-6-10-15(12(13)2)19-17(21)22-3/h4-10H,1-3H3,(H,18,20)(H,19,21). The number of para-hydroxylation sites is 1. The number of hydrogen-bond donors (Lipinski definition) is 2. The van der Waals surface area contributed by atoms with Crippen LogP contribution in [-0.2, 0) is 4.74 Å². The van der Waals surface area contributed by atoms with Gasteiger partial charge in [-0.15, -0.1) is 0 Å². The molecule has 0 heterocycles. The van der Waals surface area contributed by atoms with Crippen LogP contribution in [0.4, 0.5) is 16.2 Å². The molecule has 0 radical (unpaired) electrons. The SMILES string of the molecule is COC(=O)Nc1cccc(C(=O)Nc2ccccc2C)c1C. The fourth-order valence-electron chi connectivity index (χ4n) is 2.08. The predicted molar refractivity (Wildman–Crippen MR) is 86.3 cm³/mol. The first kappa shape index (κ1) is 15.6. The summed E-state index contributed by atoms with van der Waals surface area (Å²) in [6.07, 6.45) is -0.570. The van der Waals surface area contributed by atoms with E-state index in [0.717, 1.165) is 11.3 Å². The molecule has 2 aromatic carbocycles. The molecule has 2 N–H and O–H groups in total. The number of carbonyl (C=O) groups is 2. The molecule has 0 fully saturated rings. The maximum Gasteiger partial charge on any atom is 0.411 e. The number of aryl methyl sites for hydroxylation is 1. The number of methoxy groups -OCH3 is 1. The van der Waals surface area contributed by atoms with Crippen molar-refractivity contribution in [1.82, 2.24) is 0 Å². The maximum absolute atomic E-state index is 12.4. The monoisotopic (exact) mass is 298 g/mol. The molecule has 0 aliphatic carbocycles. The molecular weight excluding hydrogens is 280 g/mol. The van der Waals surface area contributed by atoms with Crippen LogP contribution in [0.2, 0.25) is 0 Å². The Hall–Kier alpha value is -2.82. The van der Waals surface area contributed by atoms with Gasteiger partial charge in [0.15, 0.2) is 0 Å². The van der Waals surface area contributed by atoms with E-state index >= 15 is 0 Å². The van der Waals surface area contributed by atoms with Crippen LogP contribution in [0.3, 0.4) is 0 Å².